The van der Waals surface area contributed by atoms with E-state index in [1.165, 1.54) is 0 Å². The Kier molecular flexibility index (Phi) is 4.41. The fourth-order valence-electron chi connectivity index (χ4n) is 1.68. The van der Waals surface area contributed by atoms with E-state index in [0.29, 0.717) is 6.07 Å². The monoisotopic (exact) mass is 311 g/mol. The van der Waals surface area contributed by atoms with Gasteiger partial charge in [0.25, 0.3) is 0 Å². The van der Waals surface area contributed by atoms with E-state index < -0.39 is 28.3 Å². The van der Waals surface area contributed by atoms with Gasteiger partial charge in [0.2, 0.25) is 11.8 Å². The molecular weight excluding hydrogens is 300 g/mol. The molecule has 0 spiro atoms. The smallest absolute Gasteiger partial charge is 0.329 e. The number of aromatic nitrogens is 2. The first-order valence-corrected chi connectivity index (χ1v) is 6.02. The van der Waals surface area contributed by atoms with Crippen LogP contribution in [0.5, 0.6) is 0 Å². The molecule has 0 aliphatic heterocycles. The van der Waals surface area contributed by atoms with Crippen LogP contribution in [0, 0.1) is 21.7 Å². The van der Waals surface area contributed by atoms with Gasteiger partial charge in [-0.3, -0.25) is 10.1 Å². The number of nitrogens with one attached hydrogen (secondary N) is 1. The summed E-state index contributed by atoms with van der Waals surface area (Å²) in [5.41, 5.74) is 4.83. The predicted molar refractivity (Wildman–Crippen MR) is 72.9 cm³/mol. The van der Waals surface area contributed by atoms with Crippen LogP contribution in [0.15, 0.2) is 24.4 Å². The molecule has 2 aromatic rings. The highest BCUT2D eigenvalue weighted by atomic mass is 19.1. The Hall–Kier alpha value is -2.88. The molecule has 0 fully saturated rings. The molecule has 0 saturated heterocycles. The molecule has 0 aliphatic rings. The van der Waals surface area contributed by atoms with E-state index in [-0.39, 0.29) is 23.9 Å². The Balaban J connectivity index is 2.06. The number of nitro groups is 1. The lowest BCUT2D eigenvalue weighted by Gasteiger charge is -2.13. The summed E-state index contributed by atoms with van der Waals surface area (Å²) in [6, 6.07) is 2.78. The third-order valence-electron chi connectivity index (χ3n) is 2.77. The first-order chi connectivity index (χ1) is 10.4. The molecule has 1 heterocycles. The molecule has 1 unspecified atom stereocenters. The number of nitrogens with two attached hydrogens (primary N) is 1. The molecule has 0 amide bonds. The zero-order valence-corrected chi connectivity index (χ0v) is 11.0. The lowest BCUT2D eigenvalue weighted by atomic mass is 10.1. The number of rotatable bonds is 5. The standard InChI is InChI=1S/C12H11F2N5O3/c13-6-1-2-7(8(14)3-6)10(20)5-17-12-16-4-9(19(21)22)11(15)18-12/h1-4,10,20H,5H2,(H3,15,16,17,18). The Bertz CT molecular complexity index is 713. The summed E-state index contributed by atoms with van der Waals surface area (Å²) in [5.74, 6) is -2.05. The Morgan fingerprint density at radius 2 is 2.18 bits per heavy atom. The van der Waals surface area contributed by atoms with Crippen LogP contribution in [0.3, 0.4) is 0 Å². The molecule has 8 nitrogen and oxygen atoms in total. The van der Waals surface area contributed by atoms with E-state index in [0.717, 1.165) is 18.3 Å². The van der Waals surface area contributed by atoms with Crippen molar-refractivity contribution in [3.63, 3.8) is 0 Å². The second-order valence-electron chi connectivity index (χ2n) is 4.28. The minimum atomic E-state index is -1.29. The molecule has 2 rings (SSSR count). The van der Waals surface area contributed by atoms with Gasteiger partial charge >= 0.3 is 5.69 Å². The van der Waals surface area contributed by atoms with Gasteiger partial charge in [-0.25, -0.2) is 13.8 Å². The number of hydrogen-bond acceptors (Lipinski definition) is 7. The van der Waals surface area contributed by atoms with Gasteiger partial charge in [-0.15, -0.1) is 0 Å². The van der Waals surface area contributed by atoms with Gasteiger partial charge in [0.15, 0.2) is 0 Å². The van der Waals surface area contributed by atoms with Gasteiger partial charge in [0.1, 0.15) is 17.8 Å². The fraction of sp³-hybridized carbons (Fsp3) is 0.167. The van der Waals surface area contributed by atoms with Crippen LogP contribution >= 0.6 is 0 Å². The maximum atomic E-state index is 13.5. The fourth-order valence-corrected chi connectivity index (χ4v) is 1.68. The number of aliphatic hydroxyl groups is 1. The normalized spacial score (nSPS) is 12.0. The largest absolute Gasteiger partial charge is 0.386 e. The van der Waals surface area contributed by atoms with E-state index in [9.17, 15) is 24.0 Å². The number of halogens is 2. The Labute approximate surface area is 122 Å². The molecule has 1 aromatic heterocycles. The third kappa shape index (κ3) is 3.41. The number of aliphatic hydroxyl groups excluding tert-OH is 1. The molecule has 116 valence electrons. The molecule has 0 saturated carbocycles. The van der Waals surface area contributed by atoms with Crippen LogP contribution in [0.2, 0.25) is 0 Å². The van der Waals surface area contributed by atoms with E-state index in [1.54, 1.807) is 0 Å². The van der Waals surface area contributed by atoms with Crippen molar-refractivity contribution in [2.75, 3.05) is 17.6 Å². The van der Waals surface area contributed by atoms with Crippen LogP contribution in [-0.4, -0.2) is 26.5 Å². The van der Waals surface area contributed by atoms with Crippen molar-refractivity contribution < 1.29 is 18.8 Å². The highest BCUT2D eigenvalue weighted by Gasteiger charge is 2.16. The van der Waals surface area contributed by atoms with Gasteiger partial charge in [-0.2, -0.15) is 4.98 Å². The van der Waals surface area contributed by atoms with Crippen molar-refractivity contribution in [1.29, 1.82) is 0 Å². The highest BCUT2D eigenvalue weighted by molar-refractivity contribution is 5.53. The number of benzene rings is 1. The van der Waals surface area contributed by atoms with Crippen LogP contribution < -0.4 is 11.1 Å². The van der Waals surface area contributed by atoms with Gasteiger partial charge in [0, 0.05) is 18.2 Å². The minimum Gasteiger partial charge on any atom is -0.386 e. The summed E-state index contributed by atoms with van der Waals surface area (Å²) >= 11 is 0. The summed E-state index contributed by atoms with van der Waals surface area (Å²) in [6.07, 6.45) is -0.379. The lowest BCUT2D eigenvalue weighted by Crippen LogP contribution is -2.15. The molecule has 10 heteroatoms. The van der Waals surface area contributed by atoms with Gasteiger partial charge < -0.3 is 16.2 Å². The van der Waals surface area contributed by atoms with Crippen molar-refractivity contribution >= 4 is 17.5 Å². The SMILES string of the molecule is Nc1nc(NCC(O)c2ccc(F)cc2F)ncc1[N+](=O)[O-]. The van der Waals surface area contributed by atoms with Crippen LogP contribution in [-0.2, 0) is 0 Å². The molecule has 0 bridgehead atoms. The topological polar surface area (TPSA) is 127 Å². The Morgan fingerprint density at radius 1 is 1.45 bits per heavy atom. The van der Waals surface area contributed by atoms with Crippen LogP contribution in [0.1, 0.15) is 11.7 Å². The first-order valence-electron chi connectivity index (χ1n) is 6.02. The van der Waals surface area contributed by atoms with E-state index in [1.807, 2.05) is 0 Å². The number of nitrogens with zero attached hydrogens (tertiary/aromatic N) is 3. The van der Waals surface area contributed by atoms with Crippen molar-refractivity contribution in [3.8, 4) is 0 Å². The minimum absolute atomic E-state index is 0.0651. The number of nitrogen functional groups attached to an aromatic ring is 1. The van der Waals surface area contributed by atoms with Crippen molar-refractivity contribution in [1.82, 2.24) is 9.97 Å². The predicted octanol–water partition coefficient (Wildman–Crippen LogP) is 1.39. The van der Waals surface area contributed by atoms with E-state index in [4.69, 9.17) is 5.73 Å². The van der Waals surface area contributed by atoms with Crippen molar-refractivity contribution in [3.05, 3.63) is 51.7 Å². The van der Waals surface area contributed by atoms with Crippen molar-refractivity contribution in [2.24, 2.45) is 0 Å². The average molecular weight is 311 g/mol. The summed E-state index contributed by atoms with van der Waals surface area (Å²) in [6.45, 7) is -0.195. The second-order valence-corrected chi connectivity index (χ2v) is 4.28. The third-order valence-corrected chi connectivity index (χ3v) is 2.77. The second kappa shape index (κ2) is 6.26. The quantitative estimate of drug-likeness (QED) is 0.562. The Morgan fingerprint density at radius 3 is 2.77 bits per heavy atom. The van der Waals surface area contributed by atoms with Crippen LogP contribution in [0.25, 0.3) is 0 Å². The molecule has 1 atom stereocenters. The highest BCUT2D eigenvalue weighted by Crippen LogP contribution is 2.20. The zero-order valence-electron chi connectivity index (χ0n) is 11.0. The molecule has 22 heavy (non-hydrogen) atoms. The number of hydrogen-bond donors (Lipinski definition) is 3. The van der Waals surface area contributed by atoms with Gasteiger partial charge in [-0.05, 0) is 6.07 Å². The van der Waals surface area contributed by atoms with Gasteiger partial charge in [0.05, 0.1) is 11.0 Å². The molecule has 4 N–H and O–H groups in total. The van der Waals surface area contributed by atoms with Crippen molar-refractivity contribution in [2.45, 2.75) is 6.10 Å². The lowest BCUT2D eigenvalue weighted by molar-refractivity contribution is -0.384. The van der Waals surface area contributed by atoms with Gasteiger partial charge in [-0.1, -0.05) is 6.07 Å². The summed E-state index contributed by atoms with van der Waals surface area (Å²) in [5, 5.41) is 23.0. The first kappa shape index (κ1) is 15.5. The summed E-state index contributed by atoms with van der Waals surface area (Å²) < 4.78 is 26.3. The summed E-state index contributed by atoms with van der Waals surface area (Å²) in [4.78, 5) is 17.1. The molecule has 1 aromatic carbocycles. The molecular formula is C12H11F2N5O3. The van der Waals surface area contributed by atoms with E-state index >= 15 is 0 Å². The maximum Gasteiger partial charge on any atom is 0.329 e. The number of anilines is 2. The zero-order chi connectivity index (χ0) is 16.3. The van der Waals surface area contributed by atoms with E-state index in [2.05, 4.69) is 15.3 Å². The molecule has 0 radical (unpaired) electrons. The summed E-state index contributed by atoms with van der Waals surface area (Å²) in [7, 11) is 0. The van der Waals surface area contributed by atoms with Crippen LogP contribution in [0.4, 0.5) is 26.2 Å². The average Bonchev–Trinajstić information content (AvgIpc) is 2.44. The maximum absolute atomic E-state index is 13.5. The molecule has 0 aliphatic carbocycles.